The van der Waals surface area contributed by atoms with E-state index in [0.717, 1.165) is 5.56 Å². The molecule has 0 aliphatic heterocycles. The van der Waals surface area contributed by atoms with Crippen LogP contribution in [0.4, 0.5) is 5.82 Å². The molecule has 2 N–H and O–H groups in total. The molecule has 5 heteroatoms. The first-order valence-corrected chi connectivity index (χ1v) is 6.59. The van der Waals surface area contributed by atoms with Gasteiger partial charge < -0.3 is 10.4 Å². The van der Waals surface area contributed by atoms with E-state index in [2.05, 4.69) is 24.1 Å². The predicted molar refractivity (Wildman–Crippen MR) is 79.7 cm³/mol. The van der Waals surface area contributed by atoms with E-state index in [4.69, 9.17) is 5.11 Å². The largest absolute Gasteiger partial charge is 0.477 e. The van der Waals surface area contributed by atoms with E-state index in [9.17, 15) is 9.59 Å². The summed E-state index contributed by atoms with van der Waals surface area (Å²) >= 11 is 0. The molecule has 0 unspecified atom stereocenters. The number of anilines is 1. The maximum absolute atomic E-state index is 12.1. The fraction of sp³-hybridized carbons (Fsp3) is 0.188. The van der Waals surface area contributed by atoms with E-state index in [-0.39, 0.29) is 17.4 Å². The van der Waals surface area contributed by atoms with Crippen LogP contribution in [0.3, 0.4) is 0 Å². The summed E-state index contributed by atoms with van der Waals surface area (Å²) < 4.78 is 0. The lowest BCUT2D eigenvalue weighted by Crippen LogP contribution is -2.14. The van der Waals surface area contributed by atoms with Crippen LogP contribution in [0.15, 0.2) is 42.5 Å². The van der Waals surface area contributed by atoms with Crippen LogP contribution in [0, 0.1) is 0 Å². The van der Waals surface area contributed by atoms with Crippen molar-refractivity contribution >= 4 is 17.7 Å². The molecule has 0 saturated carbocycles. The topological polar surface area (TPSA) is 79.3 Å². The first kappa shape index (κ1) is 14.7. The molecular formula is C16H16N2O3. The molecule has 2 aromatic rings. The molecule has 0 fully saturated rings. The molecule has 0 bridgehead atoms. The van der Waals surface area contributed by atoms with Crippen molar-refractivity contribution in [2.24, 2.45) is 0 Å². The quantitative estimate of drug-likeness (QED) is 0.903. The van der Waals surface area contributed by atoms with Gasteiger partial charge in [0.25, 0.3) is 5.91 Å². The lowest BCUT2D eigenvalue weighted by Gasteiger charge is -2.08. The average Bonchev–Trinajstić information content (AvgIpc) is 2.47. The van der Waals surface area contributed by atoms with Crippen molar-refractivity contribution in [3.05, 3.63) is 59.3 Å². The van der Waals surface area contributed by atoms with Crippen molar-refractivity contribution < 1.29 is 14.7 Å². The van der Waals surface area contributed by atoms with Gasteiger partial charge in [-0.15, -0.1) is 0 Å². The van der Waals surface area contributed by atoms with Crippen molar-refractivity contribution in [2.45, 2.75) is 19.8 Å². The fourth-order valence-electron chi connectivity index (χ4n) is 1.83. The first-order valence-electron chi connectivity index (χ1n) is 6.59. The van der Waals surface area contributed by atoms with Gasteiger partial charge in [-0.25, -0.2) is 9.78 Å². The molecule has 0 aliphatic rings. The Morgan fingerprint density at radius 3 is 2.33 bits per heavy atom. The summed E-state index contributed by atoms with van der Waals surface area (Å²) in [5.74, 6) is -0.836. The minimum Gasteiger partial charge on any atom is -0.477 e. The zero-order chi connectivity index (χ0) is 15.4. The summed E-state index contributed by atoms with van der Waals surface area (Å²) in [7, 11) is 0. The average molecular weight is 284 g/mol. The van der Waals surface area contributed by atoms with E-state index >= 15 is 0 Å². The van der Waals surface area contributed by atoms with Crippen LogP contribution in [0.25, 0.3) is 0 Å². The highest BCUT2D eigenvalue weighted by Gasteiger charge is 2.10. The van der Waals surface area contributed by atoms with Crippen LogP contribution in [-0.2, 0) is 0 Å². The van der Waals surface area contributed by atoms with Gasteiger partial charge in [0.05, 0.1) is 0 Å². The van der Waals surface area contributed by atoms with Crippen molar-refractivity contribution in [1.29, 1.82) is 0 Å². The minimum atomic E-state index is -1.13. The molecule has 2 rings (SSSR count). The summed E-state index contributed by atoms with van der Waals surface area (Å²) in [5, 5.41) is 11.5. The Morgan fingerprint density at radius 2 is 1.76 bits per heavy atom. The molecule has 1 amide bonds. The van der Waals surface area contributed by atoms with Crippen molar-refractivity contribution in [3.8, 4) is 0 Å². The third-order valence-electron chi connectivity index (χ3n) is 3.05. The lowest BCUT2D eigenvalue weighted by atomic mass is 10.0. The molecule has 0 spiro atoms. The number of aromatic nitrogens is 1. The van der Waals surface area contributed by atoms with Crippen LogP contribution < -0.4 is 5.32 Å². The van der Waals surface area contributed by atoms with E-state index in [1.165, 1.54) is 12.1 Å². The predicted octanol–water partition coefficient (Wildman–Crippen LogP) is 3.16. The lowest BCUT2D eigenvalue weighted by molar-refractivity contribution is 0.0690. The Balaban J connectivity index is 2.14. The number of carbonyl (C=O) groups is 2. The number of rotatable bonds is 4. The second-order valence-corrected chi connectivity index (χ2v) is 4.94. The molecule has 108 valence electrons. The van der Waals surface area contributed by atoms with Gasteiger partial charge in [-0.05, 0) is 35.7 Å². The molecule has 0 saturated heterocycles. The Bertz CT molecular complexity index is 663. The molecule has 21 heavy (non-hydrogen) atoms. The maximum atomic E-state index is 12.1. The number of amides is 1. The van der Waals surface area contributed by atoms with Crippen molar-refractivity contribution in [1.82, 2.24) is 4.98 Å². The summed E-state index contributed by atoms with van der Waals surface area (Å²) in [6.45, 7) is 4.16. The maximum Gasteiger partial charge on any atom is 0.354 e. The first-order chi connectivity index (χ1) is 9.97. The molecule has 0 atom stereocenters. The van der Waals surface area contributed by atoms with Gasteiger partial charge in [-0.2, -0.15) is 0 Å². The second-order valence-electron chi connectivity index (χ2n) is 4.94. The van der Waals surface area contributed by atoms with Crippen LogP contribution in [0.2, 0.25) is 0 Å². The summed E-state index contributed by atoms with van der Waals surface area (Å²) in [6.07, 6.45) is 0. The van der Waals surface area contributed by atoms with Gasteiger partial charge in [0, 0.05) is 5.56 Å². The van der Waals surface area contributed by atoms with E-state index < -0.39 is 5.97 Å². The van der Waals surface area contributed by atoms with Gasteiger partial charge in [-0.3, -0.25) is 4.79 Å². The Hall–Kier alpha value is -2.69. The van der Waals surface area contributed by atoms with Crippen molar-refractivity contribution in [3.63, 3.8) is 0 Å². The number of hydrogen-bond donors (Lipinski definition) is 2. The van der Waals surface area contributed by atoms with Crippen LogP contribution in [-0.4, -0.2) is 22.0 Å². The number of carboxylic acids is 1. The summed E-state index contributed by atoms with van der Waals surface area (Å²) in [5.41, 5.74) is 1.54. The Morgan fingerprint density at radius 1 is 1.10 bits per heavy atom. The highest BCUT2D eigenvalue weighted by Crippen LogP contribution is 2.15. The summed E-state index contributed by atoms with van der Waals surface area (Å²) in [6, 6.07) is 11.7. The number of nitrogens with zero attached hydrogens (tertiary/aromatic N) is 1. The van der Waals surface area contributed by atoms with Gasteiger partial charge in [0.1, 0.15) is 5.82 Å². The van der Waals surface area contributed by atoms with Crippen LogP contribution in [0.5, 0.6) is 0 Å². The van der Waals surface area contributed by atoms with E-state index in [0.29, 0.717) is 11.5 Å². The Labute approximate surface area is 122 Å². The zero-order valence-electron chi connectivity index (χ0n) is 11.8. The van der Waals surface area contributed by atoms with Gasteiger partial charge >= 0.3 is 5.97 Å². The molecule has 1 aromatic carbocycles. The standard InChI is InChI=1S/C16H16N2O3/c1-10(2)11-6-8-12(9-7-11)15(19)18-14-5-3-4-13(17-14)16(20)21/h3-10H,1-2H3,(H,20,21)(H,17,18,19). The number of benzene rings is 1. The number of nitrogens with one attached hydrogen (secondary N) is 1. The Kier molecular flexibility index (Phi) is 4.33. The van der Waals surface area contributed by atoms with E-state index in [1.807, 2.05) is 12.1 Å². The SMILES string of the molecule is CC(C)c1ccc(C(=O)Nc2cccc(C(=O)O)n2)cc1. The molecular weight excluding hydrogens is 268 g/mol. The molecule has 1 heterocycles. The number of carboxylic acid groups (broad SMARTS) is 1. The van der Waals surface area contributed by atoms with Gasteiger partial charge in [-0.1, -0.05) is 32.0 Å². The highest BCUT2D eigenvalue weighted by molar-refractivity contribution is 6.04. The van der Waals surface area contributed by atoms with Crippen LogP contribution in [0.1, 0.15) is 46.2 Å². The number of pyridine rings is 1. The van der Waals surface area contributed by atoms with Gasteiger partial charge in [0.15, 0.2) is 5.69 Å². The number of aromatic carboxylic acids is 1. The molecule has 1 aromatic heterocycles. The van der Waals surface area contributed by atoms with Crippen molar-refractivity contribution in [2.75, 3.05) is 5.32 Å². The summed E-state index contributed by atoms with van der Waals surface area (Å²) in [4.78, 5) is 26.8. The third-order valence-corrected chi connectivity index (χ3v) is 3.05. The number of carbonyl (C=O) groups excluding carboxylic acids is 1. The number of hydrogen-bond acceptors (Lipinski definition) is 3. The normalized spacial score (nSPS) is 10.4. The zero-order valence-corrected chi connectivity index (χ0v) is 11.8. The van der Waals surface area contributed by atoms with E-state index in [1.54, 1.807) is 18.2 Å². The highest BCUT2D eigenvalue weighted by atomic mass is 16.4. The van der Waals surface area contributed by atoms with Crippen LogP contribution >= 0.6 is 0 Å². The monoisotopic (exact) mass is 284 g/mol. The van der Waals surface area contributed by atoms with Gasteiger partial charge in [0.2, 0.25) is 0 Å². The second kappa shape index (κ2) is 6.17. The molecule has 5 nitrogen and oxygen atoms in total. The minimum absolute atomic E-state index is 0.108. The molecule has 0 aliphatic carbocycles. The molecule has 0 radical (unpaired) electrons. The third kappa shape index (κ3) is 3.66. The fourth-order valence-corrected chi connectivity index (χ4v) is 1.83. The smallest absolute Gasteiger partial charge is 0.354 e.